The second-order valence-electron chi connectivity index (χ2n) is 5.74. The van der Waals surface area contributed by atoms with Crippen LogP contribution in [-0.4, -0.2) is 38.2 Å². The van der Waals surface area contributed by atoms with Crippen LogP contribution in [0.1, 0.15) is 51.4 Å². The summed E-state index contributed by atoms with van der Waals surface area (Å²) in [6.45, 7) is 0.875. The standard InChI is InChI=1S/C13H26N2O3S/c14-15-12(7-3-5-11-6-4-9-18-11)13-8-1-2-10-19(13,16)17/h11-13,15H,1-10,14H2. The third kappa shape index (κ3) is 4.15. The number of hydrogen-bond donors (Lipinski definition) is 2. The number of nitrogens with one attached hydrogen (secondary N) is 1. The van der Waals surface area contributed by atoms with E-state index in [1.54, 1.807) is 0 Å². The van der Waals surface area contributed by atoms with Crippen LogP contribution in [0.3, 0.4) is 0 Å². The van der Waals surface area contributed by atoms with Crippen molar-refractivity contribution < 1.29 is 13.2 Å². The van der Waals surface area contributed by atoms with Gasteiger partial charge in [-0.15, -0.1) is 0 Å². The quantitative estimate of drug-likeness (QED) is 0.566. The molecule has 0 aromatic carbocycles. The van der Waals surface area contributed by atoms with Crippen molar-refractivity contribution in [3.05, 3.63) is 0 Å². The second-order valence-corrected chi connectivity index (χ2v) is 8.08. The number of hydrogen-bond acceptors (Lipinski definition) is 5. The van der Waals surface area contributed by atoms with Gasteiger partial charge in [0.15, 0.2) is 9.84 Å². The first kappa shape index (κ1) is 15.2. The Bertz CT molecular complexity index is 366. The molecule has 2 rings (SSSR count). The summed E-state index contributed by atoms with van der Waals surface area (Å²) >= 11 is 0. The summed E-state index contributed by atoms with van der Waals surface area (Å²) in [6.07, 6.45) is 8.03. The van der Waals surface area contributed by atoms with E-state index in [9.17, 15) is 8.42 Å². The summed E-state index contributed by atoms with van der Waals surface area (Å²) in [5.74, 6) is 5.89. The van der Waals surface area contributed by atoms with Crippen LogP contribution in [0.2, 0.25) is 0 Å². The van der Waals surface area contributed by atoms with Crippen LogP contribution in [0.25, 0.3) is 0 Å². The van der Waals surface area contributed by atoms with Crippen LogP contribution in [0.4, 0.5) is 0 Å². The van der Waals surface area contributed by atoms with E-state index in [4.69, 9.17) is 10.6 Å². The highest BCUT2D eigenvalue weighted by molar-refractivity contribution is 7.92. The van der Waals surface area contributed by atoms with Gasteiger partial charge in [0.05, 0.1) is 17.1 Å². The molecule has 6 heteroatoms. The Kier molecular flexibility index (Phi) is 5.62. The summed E-state index contributed by atoms with van der Waals surface area (Å²) in [5.41, 5.74) is 2.73. The third-order valence-electron chi connectivity index (χ3n) is 4.36. The minimum absolute atomic E-state index is 0.105. The molecule has 0 amide bonds. The van der Waals surface area contributed by atoms with Gasteiger partial charge in [-0.3, -0.25) is 11.3 Å². The van der Waals surface area contributed by atoms with E-state index in [0.717, 1.165) is 58.0 Å². The molecular weight excluding hydrogens is 264 g/mol. The molecule has 19 heavy (non-hydrogen) atoms. The molecular formula is C13H26N2O3S. The first-order valence-electron chi connectivity index (χ1n) is 7.43. The van der Waals surface area contributed by atoms with Crippen molar-refractivity contribution in [2.75, 3.05) is 12.4 Å². The molecule has 0 saturated carbocycles. The molecule has 0 aromatic rings. The molecule has 3 atom stereocenters. The van der Waals surface area contributed by atoms with Crippen molar-refractivity contribution in [2.45, 2.75) is 68.8 Å². The fourth-order valence-electron chi connectivity index (χ4n) is 3.25. The average Bonchev–Trinajstić information content (AvgIpc) is 2.88. The number of rotatable bonds is 6. The molecule has 112 valence electrons. The second kappa shape index (κ2) is 7.02. The minimum atomic E-state index is -2.96. The van der Waals surface area contributed by atoms with E-state index < -0.39 is 9.84 Å². The highest BCUT2D eigenvalue weighted by Gasteiger charge is 2.34. The fourth-order valence-corrected chi connectivity index (χ4v) is 5.40. The number of nitrogens with two attached hydrogens (primary N) is 1. The van der Waals surface area contributed by atoms with Crippen LogP contribution in [-0.2, 0) is 14.6 Å². The van der Waals surface area contributed by atoms with Crippen LogP contribution in [0, 0.1) is 0 Å². The van der Waals surface area contributed by atoms with Gasteiger partial charge >= 0.3 is 0 Å². The predicted molar refractivity (Wildman–Crippen MR) is 75.4 cm³/mol. The molecule has 0 spiro atoms. The van der Waals surface area contributed by atoms with Crippen LogP contribution in [0.15, 0.2) is 0 Å². The fraction of sp³-hybridized carbons (Fsp3) is 1.00. The van der Waals surface area contributed by atoms with Crippen LogP contribution >= 0.6 is 0 Å². The normalized spacial score (nSPS) is 32.3. The Labute approximate surface area is 116 Å². The molecule has 3 unspecified atom stereocenters. The molecule has 2 fully saturated rings. The lowest BCUT2D eigenvalue weighted by molar-refractivity contribution is 0.101. The largest absolute Gasteiger partial charge is 0.378 e. The van der Waals surface area contributed by atoms with E-state index >= 15 is 0 Å². The lowest BCUT2D eigenvalue weighted by Crippen LogP contribution is -2.49. The van der Waals surface area contributed by atoms with Gasteiger partial charge < -0.3 is 4.74 Å². The molecule has 0 aliphatic carbocycles. The van der Waals surface area contributed by atoms with Crippen LogP contribution in [0.5, 0.6) is 0 Å². The van der Waals surface area contributed by atoms with Crippen molar-refractivity contribution in [2.24, 2.45) is 5.84 Å². The van der Waals surface area contributed by atoms with E-state index in [2.05, 4.69) is 5.43 Å². The Morgan fingerprint density at radius 1 is 1.26 bits per heavy atom. The van der Waals surface area contributed by atoms with E-state index in [1.165, 1.54) is 0 Å². The van der Waals surface area contributed by atoms with Gasteiger partial charge in [-0.1, -0.05) is 6.42 Å². The summed E-state index contributed by atoms with van der Waals surface area (Å²) in [6, 6.07) is -0.105. The van der Waals surface area contributed by atoms with Gasteiger partial charge in [0.1, 0.15) is 0 Å². The SMILES string of the molecule is NNC(CCCC1CCCO1)C1CCCCS1(=O)=O. The monoisotopic (exact) mass is 290 g/mol. The zero-order chi connectivity index (χ0) is 13.7. The van der Waals surface area contributed by atoms with Crippen molar-refractivity contribution in [3.8, 4) is 0 Å². The topological polar surface area (TPSA) is 81.4 Å². The first-order valence-corrected chi connectivity index (χ1v) is 9.14. The zero-order valence-corrected chi connectivity index (χ0v) is 12.3. The summed E-state index contributed by atoms with van der Waals surface area (Å²) in [7, 11) is -2.96. The maximum Gasteiger partial charge on any atom is 0.154 e. The van der Waals surface area contributed by atoms with Crippen molar-refractivity contribution in [1.29, 1.82) is 0 Å². The first-order chi connectivity index (χ1) is 9.13. The molecule has 0 aromatic heterocycles. The number of sulfone groups is 1. The molecule has 0 radical (unpaired) electrons. The zero-order valence-electron chi connectivity index (χ0n) is 11.5. The van der Waals surface area contributed by atoms with Gasteiger partial charge in [-0.25, -0.2) is 8.42 Å². The van der Waals surface area contributed by atoms with E-state index in [1.807, 2.05) is 0 Å². The van der Waals surface area contributed by atoms with Gasteiger partial charge in [0.2, 0.25) is 0 Å². The van der Waals surface area contributed by atoms with E-state index in [0.29, 0.717) is 11.9 Å². The molecule has 2 saturated heterocycles. The summed E-state index contributed by atoms with van der Waals surface area (Å²) in [4.78, 5) is 0. The summed E-state index contributed by atoms with van der Waals surface area (Å²) < 4.78 is 29.7. The highest BCUT2D eigenvalue weighted by atomic mass is 32.2. The summed E-state index contributed by atoms with van der Waals surface area (Å²) in [5, 5.41) is -0.296. The highest BCUT2D eigenvalue weighted by Crippen LogP contribution is 2.25. The van der Waals surface area contributed by atoms with E-state index in [-0.39, 0.29) is 11.3 Å². The van der Waals surface area contributed by atoms with Crippen LogP contribution < -0.4 is 11.3 Å². The van der Waals surface area contributed by atoms with Gasteiger partial charge in [0.25, 0.3) is 0 Å². The van der Waals surface area contributed by atoms with Crippen molar-refractivity contribution >= 4 is 9.84 Å². The minimum Gasteiger partial charge on any atom is -0.378 e. The Morgan fingerprint density at radius 3 is 2.74 bits per heavy atom. The van der Waals surface area contributed by atoms with Crippen molar-refractivity contribution in [1.82, 2.24) is 5.43 Å². The van der Waals surface area contributed by atoms with Gasteiger partial charge in [-0.05, 0) is 44.9 Å². The number of ether oxygens (including phenoxy) is 1. The van der Waals surface area contributed by atoms with Gasteiger partial charge in [0, 0.05) is 12.6 Å². The smallest absolute Gasteiger partial charge is 0.154 e. The maximum atomic E-state index is 12.1. The Morgan fingerprint density at radius 2 is 2.11 bits per heavy atom. The van der Waals surface area contributed by atoms with Crippen molar-refractivity contribution in [3.63, 3.8) is 0 Å². The third-order valence-corrected chi connectivity index (χ3v) is 6.70. The predicted octanol–water partition coefficient (Wildman–Crippen LogP) is 1.13. The molecule has 2 aliphatic heterocycles. The Balaban J connectivity index is 1.81. The Hall–Kier alpha value is -0.170. The molecule has 3 N–H and O–H groups in total. The number of hydrazine groups is 1. The molecule has 5 nitrogen and oxygen atoms in total. The average molecular weight is 290 g/mol. The molecule has 0 bridgehead atoms. The molecule has 2 aliphatic rings. The maximum absolute atomic E-state index is 12.1. The molecule has 2 heterocycles. The van der Waals surface area contributed by atoms with Gasteiger partial charge in [-0.2, -0.15) is 0 Å². The lowest BCUT2D eigenvalue weighted by Gasteiger charge is -2.29. The lowest BCUT2D eigenvalue weighted by atomic mass is 10.0.